The number of fused-ring (bicyclic) bond motifs is 2. The van der Waals surface area contributed by atoms with Crippen LogP contribution in [0.2, 0.25) is 0 Å². The maximum absolute atomic E-state index is 13.9. The van der Waals surface area contributed by atoms with Crippen molar-refractivity contribution in [2.24, 2.45) is 0 Å². The van der Waals surface area contributed by atoms with Crippen molar-refractivity contribution in [3.8, 4) is 10.6 Å². The number of nitrogens with zero attached hydrogens (tertiary/aromatic N) is 7. The van der Waals surface area contributed by atoms with Gasteiger partial charge in [0, 0.05) is 19.3 Å². The van der Waals surface area contributed by atoms with E-state index in [9.17, 15) is 4.79 Å². The minimum atomic E-state index is -0.116. The molecule has 160 valence electrons. The van der Waals surface area contributed by atoms with Crippen molar-refractivity contribution in [3.63, 3.8) is 0 Å². The Morgan fingerprint density at radius 3 is 3.00 bits per heavy atom. The summed E-state index contributed by atoms with van der Waals surface area (Å²) in [4.78, 5) is 21.7. The van der Waals surface area contributed by atoms with Crippen molar-refractivity contribution in [1.82, 2.24) is 34.3 Å². The fraction of sp³-hybridized carbons (Fsp3) is 0.261. The normalized spacial score (nSPS) is 16.4. The van der Waals surface area contributed by atoms with Crippen LogP contribution in [0.25, 0.3) is 27.3 Å². The molecule has 8 nitrogen and oxygen atoms in total. The Morgan fingerprint density at radius 2 is 2.16 bits per heavy atom. The predicted molar refractivity (Wildman–Crippen MR) is 123 cm³/mol. The van der Waals surface area contributed by atoms with E-state index >= 15 is 0 Å². The number of hydrogen-bond donors (Lipinski definition) is 0. The molecule has 0 aliphatic carbocycles. The summed E-state index contributed by atoms with van der Waals surface area (Å²) >= 11 is 1.61. The zero-order valence-corrected chi connectivity index (χ0v) is 18.4. The van der Waals surface area contributed by atoms with Gasteiger partial charge in [0.05, 0.1) is 33.8 Å². The van der Waals surface area contributed by atoms with Crippen LogP contribution in [0.3, 0.4) is 0 Å². The Labute approximate surface area is 188 Å². The molecule has 5 aromatic rings. The molecule has 0 aromatic carbocycles. The molecule has 6 rings (SSSR count). The van der Waals surface area contributed by atoms with Gasteiger partial charge in [-0.2, -0.15) is 5.10 Å². The molecule has 1 unspecified atom stereocenters. The highest BCUT2D eigenvalue weighted by molar-refractivity contribution is 7.13. The third-order valence-corrected chi connectivity index (χ3v) is 6.96. The summed E-state index contributed by atoms with van der Waals surface area (Å²) in [5.74, 6) is 0.792. The Kier molecular flexibility index (Phi) is 4.50. The van der Waals surface area contributed by atoms with Gasteiger partial charge in [0.2, 0.25) is 0 Å². The van der Waals surface area contributed by atoms with Crippen molar-refractivity contribution >= 4 is 33.9 Å². The van der Waals surface area contributed by atoms with Crippen molar-refractivity contribution < 1.29 is 4.79 Å². The molecule has 1 atom stereocenters. The highest BCUT2D eigenvalue weighted by atomic mass is 32.1. The maximum Gasteiger partial charge on any atom is 0.255 e. The molecule has 0 radical (unpaired) electrons. The van der Waals surface area contributed by atoms with Crippen LogP contribution in [0.5, 0.6) is 0 Å². The van der Waals surface area contributed by atoms with E-state index in [-0.39, 0.29) is 11.9 Å². The van der Waals surface area contributed by atoms with E-state index < -0.39 is 0 Å². The molecule has 6 heterocycles. The zero-order valence-electron chi connectivity index (χ0n) is 17.5. The van der Waals surface area contributed by atoms with E-state index in [2.05, 4.69) is 15.3 Å². The number of carbonyl (C=O) groups excluding carboxylic acids is 1. The highest BCUT2D eigenvalue weighted by Crippen LogP contribution is 2.35. The van der Waals surface area contributed by atoms with Crippen molar-refractivity contribution in [2.45, 2.75) is 32.4 Å². The second kappa shape index (κ2) is 7.52. The molecule has 1 saturated heterocycles. The lowest BCUT2D eigenvalue weighted by Crippen LogP contribution is -2.31. The molecule has 0 bridgehead atoms. The maximum atomic E-state index is 13.9. The first-order valence-electron chi connectivity index (χ1n) is 10.8. The average Bonchev–Trinajstić information content (AvgIpc) is 3.62. The lowest BCUT2D eigenvalue weighted by Gasteiger charge is -2.24. The first kappa shape index (κ1) is 19.1. The van der Waals surface area contributed by atoms with Crippen molar-refractivity contribution in [2.75, 3.05) is 6.54 Å². The lowest BCUT2D eigenvalue weighted by molar-refractivity contribution is 0.0731. The molecule has 5 aromatic heterocycles. The van der Waals surface area contributed by atoms with E-state index in [0.29, 0.717) is 18.7 Å². The molecule has 32 heavy (non-hydrogen) atoms. The van der Waals surface area contributed by atoms with Crippen LogP contribution in [0.4, 0.5) is 0 Å². The van der Waals surface area contributed by atoms with E-state index in [1.165, 1.54) is 0 Å². The summed E-state index contributed by atoms with van der Waals surface area (Å²) in [6, 6.07) is 11.6. The first-order chi connectivity index (χ1) is 15.7. The van der Waals surface area contributed by atoms with Crippen LogP contribution in [-0.4, -0.2) is 46.7 Å². The number of carbonyl (C=O) groups is 1. The Bertz CT molecular complexity index is 1440. The molecule has 0 saturated carbocycles. The van der Waals surface area contributed by atoms with Crippen LogP contribution in [0, 0.1) is 0 Å². The number of aryl methyl sites for hydroxylation is 1. The minimum Gasteiger partial charge on any atom is -0.328 e. The SMILES string of the molecule is CCn1ncc2c(C(=O)N3CCCC3c3nnc4ccccn34)cc(-c3cccs3)nc21. The number of rotatable bonds is 4. The topological polar surface area (TPSA) is 81.2 Å². The van der Waals surface area contributed by atoms with Crippen LogP contribution in [0.15, 0.2) is 54.2 Å². The molecule has 0 spiro atoms. The summed E-state index contributed by atoms with van der Waals surface area (Å²) in [6.07, 6.45) is 5.51. The molecule has 1 amide bonds. The number of amides is 1. The Balaban J connectivity index is 1.47. The molecule has 1 aliphatic heterocycles. The fourth-order valence-corrected chi connectivity index (χ4v) is 5.21. The number of hydrogen-bond acceptors (Lipinski definition) is 6. The van der Waals surface area contributed by atoms with Crippen LogP contribution in [0.1, 0.15) is 42.0 Å². The van der Waals surface area contributed by atoms with E-state index in [1.807, 2.05) is 68.9 Å². The number of likely N-dealkylation sites (tertiary alicyclic amines) is 1. The summed E-state index contributed by atoms with van der Waals surface area (Å²) < 4.78 is 3.82. The van der Waals surface area contributed by atoms with Gasteiger partial charge in [0.15, 0.2) is 17.1 Å². The van der Waals surface area contributed by atoms with Crippen molar-refractivity contribution in [1.29, 1.82) is 0 Å². The second-order valence-corrected chi connectivity index (χ2v) is 8.82. The largest absolute Gasteiger partial charge is 0.328 e. The molecule has 1 aliphatic rings. The molecule has 9 heteroatoms. The highest BCUT2D eigenvalue weighted by Gasteiger charge is 2.35. The van der Waals surface area contributed by atoms with Crippen LogP contribution in [-0.2, 0) is 6.54 Å². The molecule has 1 fully saturated rings. The van der Waals surface area contributed by atoms with E-state index in [4.69, 9.17) is 4.98 Å². The fourth-order valence-electron chi connectivity index (χ4n) is 4.53. The first-order valence-corrected chi connectivity index (χ1v) is 11.6. The van der Waals surface area contributed by atoms with E-state index in [0.717, 1.165) is 45.9 Å². The van der Waals surface area contributed by atoms with Gasteiger partial charge in [-0.1, -0.05) is 12.1 Å². The smallest absolute Gasteiger partial charge is 0.255 e. The third-order valence-electron chi connectivity index (χ3n) is 6.06. The quantitative estimate of drug-likeness (QED) is 0.416. The monoisotopic (exact) mass is 443 g/mol. The average molecular weight is 444 g/mol. The van der Waals surface area contributed by atoms with Gasteiger partial charge in [-0.15, -0.1) is 21.5 Å². The summed E-state index contributed by atoms with van der Waals surface area (Å²) in [6.45, 7) is 3.40. The second-order valence-electron chi connectivity index (χ2n) is 7.87. The molecule has 0 N–H and O–H groups in total. The van der Waals surface area contributed by atoms with Crippen LogP contribution >= 0.6 is 11.3 Å². The summed E-state index contributed by atoms with van der Waals surface area (Å²) in [5, 5.41) is 16.0. The minimum absolute atomic E-state index is 0.0129. The zero-order chi connectivity index (χ0) is 21.7. The van der Waals surface area contributed by atoms with Gasteiger partial charge in [-0.05, 0) is 49.4 Å². The number of pyridine rings is 2. The van der Waals surface area contributed by atoms with Crippen molar-refractivity contribution in [3.05, 3.63) is 65.6 Å². The van der Waals surface area contributed by atoms with E-state index in [1.54, 1.807) is 17.5 Å². The molecular weight excluding hydrogens is 422 g/mol. The van der Waals surface area contributed by atoms with Gasteiger partial charge < -0.3 is 4.90 Å². The Morgan fingerprint density at radius 1 is 1.22 bits per heavy atom. The Hall–Kier alpha value is -3.59. The number of aromatic nitrogens is 6. The summed E-state index contributed by atoms with van der Waals surface area (Å²) in [5.41, 5.74) is 2.97. The molecular formula is C23H21N7OS. The lowest BCUT2D eigenvalue weighted by atomic mass is 10.1. The third kappa shape index (κ3) is 2.92. The van der Waals surface area contributed by atoms with Gasteiger partial charge in [0.1, 0.15) is 0 Å². The number of thiophene rings is 1. The van der Waals surface area contributed by atoms with Gasteiger partial charge in [-0.25, -0.2) is 9.67 Å². The summed E-state index contributed by atoms with van der Waals surface area (Å²) in [7, 11) is 0. The van der Waals surface area contributed by atoms with Gasteiger partial charge >= 0.3 is 0 Å². The van der Waals surface area contributed by atoms with Gasteiger partial charge in [-0.3, -0.25) is 9.20 Å². The predicted octanol–water partition coefficient (Wildman–Crippen LogP) is 4.20. The van der Waals surface area contributed by atoms with Crippen LogP contribution < -0.4 is 0 Å². The standard InChI is InChI=1S/C23H21N7OS/c1-2-30-21-16(14-24-30)15(13-17(25-21)19-8-6-12-32-19)23(31)28-11-5-7-18(28)22-27-26-20-9-3-4-10-29(20)22/h3-4,6,8-10,12-14,18H,2,5,7,11H2,1H3. The van der Waals surface area contributed by atoms with Gasteiger partial charge in [0.25, 0.3) is 5.91 Å².